The van der Waals surface area contributed by atoms with Gasteiger partial charge in [-0.3, -0.25) is 19.7 Å². The lowest BCUT2D eigenvalue weighted by molar-refractivity contribution is -0.384. The Balaban J connectivity index is 2.00. The van der Waals surface area contributed by atoms with Crippen LogP contribution < -0.4 is 4.90 Å². The molecular formula is C13H9N5O7. The van der Waals surface area contributed by atoms with E-state index in [1.54, 1.807) is 0 Å². The van der Waals surface area contributed by atoms with E-state index in [9.17, 15) is 29.4 Å². The standard InChI is InChI=1S/C13H9N5O7/c1-25-13(21)9-8-10(17(14-9)15-22)12(20)16(11(8)19)6-2-4-7(5-3-6)18(23)24/h2-5,8,10H,1H3/t8-,10+/m1/s1. The second-order valence-electron chi connectivity index (χ2n) is 5.09. The van der Waals surface area contributed by atoms with E-state index in [-0.39, 0.29) is 11.4 Å². The summed E-state index contributed by atoms with van der Waals surface area (Å²) >= 11 is 0. The van der Waals surface area contributed by atoms with Crippen LogP contribution in [-0.2, 0) is 19.1 Å². The first-order chi connectivity index (χ1) is 11.9. The third kappa shape index (κ3) is 2.31. The molecule has 1 fully saturated rings. The van der Waals surface area contributed by atoms with Crippen LogP contribution in [-0.4, -0.2) is 46.7 Å². The second-order valence-corrected chi connectivity index (χ2v) is 5.09. The number of hydrazone groups is 1. The fourth-order valence-electron chi connectivity index (χ4n) is 2.71. The van der Waals surface area contributed by atoms with E-state index in [0.717, 1.165) is 24.1 Å². The van der Waals surface area contributed by atoms with Crippen molar-refractivity contribution in [3.63, 3.8) is 0 Å². The van der Waals surface area contributed by atoms with Crippen LogP contribution in [0.25, 0.3) is 0 Å². The maximum atomic E-state index is 12.6. The van der Waals surface area contributed by atoms with Crippen LogP contribution in [0.15, 0.2) is 34.7 Å². The van der Waals surface area contributed by atoms with Crippen molar-refractivity contribution in [3.8, 4) is 0 Å². The summed E-state index contributed by atoms with van der Waals surface area (Å²) in [6.07, 6.45) is 0. The molecule has 0 unspecified atom stereocenters. The zero-order chi connectivity index (χ0) is 18.3. The van der Waals surface area contributed by atoms with Gasteiger partial charge in [0.1, 0.15) is 5.92 Å². The number of esters is 1. The van der Waals surface area contributed by atoms with E-state index in [0.29, 0.717) is 5.12 Å². The fourth-order valence-corrected chi connectivity index (χ4v) is 2.71. The molecule has 1 saturated heterocycles. The predicted molar refractivity (Wildman–Crippen MR) is 80.0 cm³/mol. The number of hydrogen-bond donors (Lipinski definition) is 0. The number of nitrogens with zero attached hydrogens (tertiary/aromatic N) is 5. The topological polar surface area (TPSA) is 152 Å². The van der Waals surface area contributed by atoms with Gasteiger partial charge < -0.3 is 4.74 Å². The molecule has 2 atom stereocenters. The minimum atomic E-state index is -1.39. The number of non-ortho nitro benzene ring substituents is 1. The van der Waals surface area contributed by atoms with Gasteiger partial charge >= 0.3 is 5.97 Å². The molecule has 0 N–H and O–H groups in total. The number of anilines is 1. The van der Waals surface area contributed by atoms with Crippen molar-refractivity contribution >= 4 is 34.9 Å². The number of imide groups is 1. The largest absolute Gasteiger partial charge is 0.464 e. The van der Waals surface area contributed by atoms with Gasteiger partial charge in [0.25, 0.3) is 11.6 Å². The van der Waals surface area contributed by atoms with Gasteiger partial charge in [-0.05, 0) is 12.1 Å². The molecule has 3 rings (SSSR count). The molecule has 128 valence electrons. The summed E-state index contributed by atoms with van der Waals surface area (Å²) in [5.74, 6) is -3.94. The molecule has 0 radical (unpaired) electrons. The van der Waals surface area contributed by atoms with Crippen molar-refractivity contribution in [2.45, 2.75) is 6.04 Å². The lowest BCUT2D eigenvalue weighted by atomic mass is 9.98. The molecule has 0 saturated carbocycles. The average Bonchev–Trinajstić information content (AvgIpc) is 3.11. The number of ether oxygens (including phenoxy) is 1. The molecule has 2 heterocycles. The number of amides is 2. The molecule has 2 aliphatic rings. The Morgan fingerprint density at radius 2 is 1.92 bits per heavy atom. The van der Waals surface area contributed by atoms with Gasteiger partial charge in [-0.25, -0.2) is 9.69 Å². The number of carbonyl (C=O) groups excluding carboxylic acids is 3. The SMILES string of the molecule is COC(=O)C1=NN(N=O)[C@@H]2C(=O)N(c3ccc([N+](=O)[O-])cc3)C(=O)[C@H]12. The molecule has 2 aliphatic heterocycles. The normalized spacial score (nSPS) is 21.9. The van der Waals surface area contributed by atoms with Gasteiger partial charge in [0.05, 0.1) is 23.0 Å². The van der Waals surface area contributed by atoms with E-state index in [1.165, 1.54) is 12.1 Å². The first kappa shape index (κ1) is 16.2. The van der Waals surface area contributed by atoms with Crippen LogP contribution in [0.4, 0.5) is 11.4 Å². The number of hydrogen-bond acceptors (Lipinski definition) is 9. The van der Waals surface area contributed by atoms with Gasteiger partial charge in [0, 0.05) is 12.1 Å². The third-order valence-electron chi connectivity index (χ3n) is 3.83. The molecule has 12 nitrogen and oxygen atoms in total. The summed E-state index contributed by atoms with van der Waals surface area (Å²) in [7, 11) is 1.06. The molecule has 25 heavy (non-hydrogen) atoms. The quantitative estimate of drug-likeness (QED) is 0.242. The van der Waals surface area contributed by atoms with E-state index in [2.05, 4.69) is 15.1 Å². The smallest absolute Gasteiger partial charge is 0.355 e. The molecule has 0 aliphatic carbocycles. The van der Waals surface area contributed by atoms with Crippen LogP contribution >= 0.6 is 0 Å². The summed E-state index contributed by atoms with van der Waals surface area (Å²) in [5.41, 5.74) is -0.573. The summed E-state index contributed by atoms with van der Waals surface area (Å²) < 4.78 is 4.50. The van der Waals surface area contributed by atoms with E-state index in [4.69, 9.17) is 0 Å². The van der Waals surface area contributed by atoms with E-state index >= 15 is 0 Å². The molecule has 0 spiro atoms. The highest BCUT2D eigenvalue weighted by atomic mass is 16.6. The molecule has 1 aromatic carbocycles. The van der Waals surface area contributed by atoms with Crippen LogP contribution in [0, 0.1) is 20.9 Å². The highest BCUT2D eigenvalue weighted by molar-refractivity contribution is 6.46. The lowest BCUT2D eigenvalue weighted by Gasteiger charge is -2.16. The molecular weight excluding hydrogens is 338 g/mol. The van der Waals surface area contributed by atoms with E-state index in [1.807, 2.05) is 0 Å². The minimum Gasteiger partial charge on any atom is -0.464 e. The number of nitro benzene ring substituents is 1. The summed E-state index contributed by atoms with van der Waals surface area (Å²) in [4.78, 5) is 58.6. The highest BCUT2D eigenvalue weighted by Gasteiger charge is 2.59. The molecule has 0 bridgehead atoms. The van der Waals surface area contributed by atoms with Crippen molar-refractivity contribution in [2.75, 3.05) is 12.0 Å². The van der Waals surface area contributed by atoms with Crippen molar-refractivity contribution in [3.05, 3.63) is 39.3 Å². The third-order valence-corrected chi connectivity index (χ3v) is 3.83. The number of nitroso groups, excluding NO2 is 1. The average molecular weight is 347 g/mol. The van der Waals surface area contributed by atoms with Crippen LogP contribution in [0.5, 0.6) is 0 Å². The number of nitro groups is 1. The first-order valence-corrected chi connectivity index (χ1v) is 6.82. The predicted octanol–water partition coefficient (Wildman–Crippen LogP) is -0.0212. The number of methoxy groups -OCH3 is 1. The van der Waals surface area contributed by atoms with Crippen LogP contribution in [0.1, 0.15) is 0 Å². The van der Waals surface area contributed by atoms with Gasteiger partial charge in [0.15, 0.2) is 11.8 Å². The van der Waals surface area contributed by atoms with Crippen LogP contribution in [0.2, 0.25) is 0 Å². The molecule has 2 amide bonds. The van der Waals surface area contributed by atoms with Gasteiger partial charge in [0.2, 0.25) is 5.91 Å². The maximum Gasteiger partial charge on any atom is 0.355 e. The monoisotopic (exact) mass is 347 g/mol. The van der Waals surface area contributed by atoms with E-state index < -0.39 is 40.4 Å². The van der Waals surface area contributed by atoms with Crippen molar-refractivity contribution in [2.24, 2.45) is 16.3 Å². The number of benzene rings is 1. The van der Waals surface area contributed by atoms with Crippen molar-refractivity contribution in [1.29, 1.82) is 0 Å². The Hall–Kier alpha value is -3.70. The van der Waals surface area contributed by atoms with Crippen molar-refractivity contribution < 1.29 is 24.0 Å². The number of fused-ring (bicyclic) bond motifs is 1. The van der Waals surface area contributed by atoms with Gasteiger partial charge in [-0.15, -0.1) is 15.1 Å². The second kappa shape index (κ2) is 5.74. The first-order valence-electron chi connectivity index (χ1n) is 6.82. The maximum absolute atomic E-state index is 12.6. The summed E-state index contributed by atoms with van der Waals surface area (Å²) in [5, 5.41) is 17.3. The van der Waals surface area contributed by atoms with Crippen molar-refractivity contribution in [1.82, 2.24) is 5.12 Å². The van der Waals surface area contributed by atoms with Gasteiger partial charge in [-0.1, -0.05) is 0 Å². The number of rotatable bonds is 4. The molecule has 0 aromatic heterocycles. The number of carbonyl (C=O) groups is 3. The Bertz CT molecular complexity index is 834. The van der Waals surface area contributed by atoms with Gasteiger partial charge in [-0.2, -0.15) is 0 Å². The molecule has 12 heteroatoms. The zero-order valence-electron chi connectivity index (χ0n) is 12.6. The Morgan fingerprint density at radius 1 is 1.28 bits per heavy atom. The lowest BCUT2D eigenvalue weighted by Crippen LogP contribution is -2.36. The zero-order valence-corrected chi connectivity index (χ0v) is 12.6. The fraction of sp³-hybridized carbons (Fsp3) is 0.231. The Labute approximate surface area is 138 Å². The summed E-state index contributed by atoms with van der Waals surface area (Å²) in [6.45, 7) is 0. The summed E-state index contributed by atoms with van der Waals surface area (Å²) in [6, 6.07) is 3.27. The highest BCUT2D eigenvalue weighted by Crippen LogP contribution is 2.35. The molecule has 1 aromatic rings. The Morgan fingerprint density at radius 3 is 2.44 bits per heavy atom. The minimum absolute atomic E-state index is 0.0602. The van der Waals surface area contributed by atoms with Crippen LogP contribution in [0.3, 0.4) is 0 Å². The Kier molecular flexibility index (Phi) is 3.71.